The summed E-state index contributed by atoms with van der Waals surface area (Å²) >= 11 is 0. The summed E-state index contributed by atoms with van der Waals surface area (Å²) in [6.45, 7) is 0. The SMILES string of the molecule is O.O=C(O)c1cccc(C(=O)O)c1.[H-].[Na+].c1cn[nH]c1. The van der Waals surface area contributed by atoms with E-state index >= 15 is 0 Å². The van der Waals surface area contributed by atoms with Crippen molar-refractivity contribution in [3.8, 4) is 0 Å². The first kappa shape index (κ1) is 19.7. The number of nitrogens with one attached hydrogen (secondary N) is 1. The number of hydrogen-bond acceptors (Lipinski definition) is 3. The van der Waals surface area contributed by atoms with Crippen LogP contribution in [-0.4, -0.2) is 37.8 Å². The Hall–Kier alpha value is -1.67. The van der Waals surface area contributed by atoms with Crippen LogP contribution in [0.15, 0.2) is 42.7 Å². The molecule has 1 heterocycles. The minimum Gasteiger partial charge on any atom is -1.00 e. The molecule has 2 aromatic rings. The first-order chi connectivity index (χ1) is 8.11. The molecule has 5 N–H and O–H groups in total. The Labute approximate surface area is 132 Å². The zero-order valence-corrected chi connectivity index (χ0v) is 12.2. The Morgan fingerprint density at radius 2 is 1.63 bits per heavy atom. The van der Waals surface area contributed by atoms with Crippen LogP contribution in [0.5, 0.6) is 0 Å². The summed E-state index contributed by atoms with van der Waals surface area (Å²) in [5.74, 6) is -2.25. The molecule has 0 saturated heterocycles. The second-order valence-electron chi connectivity index (χ2n) is 2.96. The van der Waals surface area contributed by atoms with Crippen LogP contribution in [0.4, 0.5) is 0 Å². The zero-order chi connectivity index (χ0) is 12.7. The maximum absolute atomic E-state index is 10.4. The summed E-state index contributed by atoms with van der Waals surface area (Å²) in [7, 11) is 0. The molecule has 0 saturated carbocycles. The summed E-state index contributed by atoms with van der Waals surface area (Å²) in [5.41, 5.74) is -0.0372. The quantitative estimate of drug-likeness (QED) is 0.534. The van der Waals surface area contributed by atoms with Crippen molar-refractivity contribution in [2.45, 2.75) is 0 Å². The molecule has 1 aromatic heterocycles. The van der Waals surface area contributed by atoms with E-state index in [0.717, 1.165) is 6.07 Å². The molecular formula is C11H13N2NaO5. The second kappa shape index (κ2) is 10.3. The number of rotatable bonds is 2. The fraction of sp³-hybridized carbons (Fsp3) is 0. The molecule has 0 aliphatic carbocycles. The van der Waals surface area contributed by atoms with Gasteiger partial charge in [0.15, 0.2) is 0 Å². The molecule has 0 aliphatic rings. The fourth-order valence-electron chi connectivity index (χ4n) is 1.00. The minimum absolute atomic E-state index is 0. The number of benzene rings is 1. The zero-order valence-electron chi connectivity index (χ0n) is 11.2. The number of hydrogen-bond donors (Lipinski definition) is 3. The standard InChI is InChI=1S/C8H6O4.C3H4N2.Na.H2O.H/c9-7(10)5-2-1-3-6(4-5)8(11)12;1-2-4-5-3-1;;;/h1-4H,(H,9,10)(H,11,12);1-3H,(H,4,5);;1H2;/q;;+1;;-1. The normalized spacial score (nSPS) is 8.00. The van der Waals surface area contributed by atoms with Crippen LogP contribution < -0.4 is 29.6 Å². The van der Waals surface area contributed by atoms with Crippen molar-refractivity contribution in [3.05, 3.63) is 53.9 Å². The summed E-state index contributed by atoms with van der Waals surface area (Å²) in [5, 5.41) is 23.2. The van der Waals surface area contributed by atoms with Gasteiger partial charge >= 0.3 is 41.5 Å². The van der Waals surface area contributed by atoms with Gasteiger partial charge in [-0.1, -0.05) is 6.07 Å². The topological polar surface area (TPSA) is 135 Å². The van der Waals surface area contributed by atoms with Gasteiger partial charge in [-0.3, -0.25) is 5.10 Å². The van der Waals surface area contributed by atoms with Gasteiger partial charge in [-0.05, 0) is 24.3 Å². The van der Waals surface area contributed by atoms with E-state index in [0.29, 0.717) is 0 Å². The third-order valence-electron chi connectivity index (χ3n) is 1.76. The molecule has 8 heteroatoms. The number of aromatic nitrogens is 2. The van der Waals surface area contributed by atoms with E-state index in [2.05, 4.69) is 10.2 Å². The molecule has 0 radical (unpaired) electrons. The van der Waals surface area contributed by atoms with Gasteiger partial charge in [0.1, 0.15) is 0 Å². The summed E-state index contributed by atoms with van der Waals surface area (Å²) in [4.78, 5) is 20.8. The van der Waals surface area contributed by atoms with Crippen LogP contribution in [-0.2, 0) is 0 Å². The van der Waals surface area contributed by atoms with E-state index in [1.54, 1.807) is 12.4 Å². The van der Waals surface area contributed by atoms with Crippen molar-refractivity contribution in [1.29, 1.82) is 0 Å². The maximum Gasteiger partial charge on any atom is 1.00 e. The largest absolute Gasteiger partial charge is 1.00 e. The van der Waals surface area contributed by atoms with E-state index < -0.39 is 11.9 Å². The van der Waals surface area contributed by atoms with Gasteiger partial charge < -0.3 is 17.1 Å². The number of aromatic amines is 1. The summed E-state index contributed by atoms with van der Waals surface area (Å²) in [6.07, 6.45) is 3.46. The van der Waals surface area contributed by atoms with Crippen molar-refractivity contribution in [3.63, 3.8) is 0 Å². The van der Waals surface area contributed by atoms with Crippen LogP contribution in [0.25, 0.3) is 0 Å². The molecule has 0 spiro atoms. The fourth-order valence-corrected chi connectivity index (χ4v) is 1.00. The smallest absolute Gasteiger partial charge is 1.00 e. The molecule has 98 valence electrons. The van der Waals surface area contributed by atoms with Crippen LogP contribution >= 0.6 is 0 Å². The Kier molecular flexibility index (Phi) is 10.6. The number of aromatic carboxylic acids is 2. The van der Waals surface area contributed by atoms with Gasteiger partial charge in [0, 0.05) is 12.4 Å². The summed E-state index contributed by atoms with van der Waals surface area (Å²) in [6, 6.07) is 7.03. The third-order valence-corrected chi connectivity index (χ3v) is 1.76. The Balaban J connectivity index is -0.000000312. The Bertz CT molecular complexity index is 461. The molecule has 0 fully saturated rings. The van der Waals surface area contributed by atoms with Crippen molar-refractivity contribution in [2.24, 2.45) is 0 Å². The first-order valence-electron chi connectivity index (χ1n) is 4.61. The molecule has 7 nitrogen and oxygen atoms in total. The Morgan fingerprint density at radius 1 is 1.11 bits per heavy atom. The van der Waals surface area contributed by atoms with Gasteiger partial charge in [-0.15, -0.1) is 0 Å². The predicted octanol–water partition coefficient (Wildman–Crippen LogP) is -2.22. The van der Waals surface area contributed by atoms with Crippen LogP contribution in [0.2, 0.25) is 0 Å². The monoisotopic (exact) mass is 276 g/mol. The molecule has 2 rings (SSSR count). The van der Waals surface area contributed by atoms with Gasteiger partial charge in [-0.2, -0.15) is 5.10 Å². The average Bonchev–Trinajstić information content (AvgIpc) is 2.87. The summed E-state index contributed by atoms with van der Waals surface area (Å²) < 4.78 is 0. The average molecular weight is 276 g/mol. The van der Waals surface area contributed by atoms with Gasteiger partial charge in [-0.25, -0.2) is 9.59 Å². The van der Waals surface area contributed by atoms with Crippen molar-refractivity contribution in [2.75, 3.05) is 0 Å². The second-order valence-corrected chi connectivity index (χ2v) is 2.96. The number of carboxylic acid groups (broad SMARTS) is 2. The number of carbonyl (C=O) groups is 2. The van der Waals surface area contributed by atoms with Crippen LogP contribution in [0.1, 0.15) is 22.1 Å². The molecule has 0 amide bonds. The molecular weight excluding hydrogens is 263 g/mol. The first-order valence-corrected chi connectivity index (χ1v) is 4.61. The van der Waals surface area contributed by atoms with Crippen molar-refractivity contribution in [1.82, 2.24) is 10.2 Å². The van der Waals surface area contributed by atoms with E-state index in [9.17, 15) is 9.59 Å². The van der Waals surface area contributed by atoms with E-state index in [1.807, 2.05) is 6.07 Å². The van der Waals surface area contributed by atoms with Gasteiger partial charge in [0.05, 0.1) is 11.1 Å². The van der Waals surface area contributed by atoms with Crippen molar-refractivity contribution < 1.29 is 56.3 Å². The number of H-pyrrole nitrogens is 1. The Morgan fingerprint density at radius 3 is 1.89 bits per heavy atom. The molecule has 0 aliphatic heterocycles. The van der Waals surface area contributed by atoms with E-state index in [-0.39, 0.29) is 47.6 Å². The molecule has 0 bridgehead atoms. The molecule has 1 aromatic carbocycles. The van der Waals surface area contributed by atoms with E-state index in [1.165, 1.54) is 18.2 Å². The predicted molar refractivity (Wildman–Crippen MR) is 63.7 cm³/mol. The maximum atomic E-state index is 10.4. The third kappa shape index (κ3) is 7.37. The number of carboxylic acids is 2. The van der Waals surface area contributed by atoms with Crippen molar-refractivity contribution >= 4 is 11.9 Å². The molecule has 19 heavy (non-hydrogen) atoms. The van der Waals surface area contributed by atoms with Gasteiger partial charge in [0.25, 0.3) is 0 Å². The van der Waals surface area contributed by atoms with Gasteiger partial charge in [0.2, 0.25) is 0 Å². The van der Waals surface area contributed by atoms with Crippen LogP contribution in [0.3, 0.4) is 0 Å². The molecule has 0 unspecified atom stereocenters. The molecule has 0 atom stereocenters. The number of nitrogens with zero attached hydrogens (tertiary/aromatic N) is 1. The van der Waals surface area contributed by atoms with Crippen LogP contribution in [0, 0.1) is 0 Å². The van der Waals surface area contributed by atoms with E-state index in [4.69, 9.17) is 10.2 Å². The minimum atomic E-state index is -1.13.